The molecule has 1 rings (SSSR count). The Balaban J connectivity index is 2.30. The van der Waals surface area contributed by atoms with E-state index >= 15 is 0 Å². The first kappa shape index (κ1) is 15.7. The van der Waals surface area contributed by atoms with Crippen LogP contribution in [0.3, 0.4) is 0 Å². The van der Waals surface area contributed by atoms with Crippen molar-refractivity contribution in [2.24, 2.45) is 5.92 Å². The molecule has 0 radical (unpaired) electrons. The number of rotatable bonds is 8. The van der Waals surface area contributed by atoms with Crippen LogP contribution >= 0.6 is 11.3 Å². The second-order valence-electron chi connectivity index (χ2n) is 5.59. The fourth-order valence-electron chi connectivity index (χ4n) is 1.96. The normalized spacial score (nSPS) is 15.3. The number of likely N-dealkylation sites (N-methyl/N-ethyl adjacent to an activating group) is 1. The van der Waals surface area contributed by atoms with E-state index in [0.717, 1.165) is 19.0 Å². The summed E-state index contributed by atoms with van der Waals surface area (Å²) in [5.74, 6) is 0.788. The number of thiophene rings is 1. The van der Waals surface area contributed by atoms with Gasteiger partial charge in [0, 0.05) is 23.5 Å². The molecule has 3 heteroatoms. The summed E-state index contributed by atoms with van der Waals surface area (Å²) in [6.45, 7) is 11.3. The first-order valence-electron chi connectivity index (χ1n) is 6.98. The minimum absolute atomic E-state index is 0.506. The number of hydrogen-bond donors (Lipinski definition) is 1. The first-order valence-corrected chi connectivity index (χ1v) is 7.86. The third-order valence-electron chi connectivity index (χ3n) is 3.60. The Bertz CT molecular complexity index is 308. The van der Waals surface area contributed by atoms with E-state index in [9.17, 15) is 0 Å². The predicted octanol–water partition coefficient (Wildman–Crippen LogP) is 3.77. The molecule has 2 nitrogen and oxygen atoms in total. The number of nitrogens with one attached hydrogen (secondary N) is 1. The van der Waals surface area contributed by atoms with Gasteiger partial charge in [-0.2, -0.15) is 0 Å². The molecule has 0 amide bonds. The molecular formula is C15H28N2S. The predicted molar refractivity (Wildman–Crippen MR) is 82.3 cm³/mol. The highest BCUT2D eigenvalue weighted by Gasteiger charge is 2.17. The zero-order chi connectivity index (χ0) is 13.5. The highest BCUT2D eigenvalue weighted by Crippen LogP contribution is 2.24. The molecule has 0 spiro atoms. The van der Waals surface area contributed by atoms with Crippen LogP contribution in [0.25, 0.3) is 0 Å². The summed E-state index contributed by atoms with van der Waals surface area (Å²) >= 11 is 1.85. The first-order chi connectivity index (χ1) is 8.52. The van der Waals surface area contributed by atoms with Crippen molar-refractivity contribution in [3.8, 4) is 0 Å². The van der Waals surface area contributed by atoms with Crippen LogP contribution in [-0.4, -0.2) is 31.1 Å². The van der Waals surface area contributed by atoms with Crippen LogP contribution in [0.5, 0.6) is 0 Å². The lowest BCUT2D eigenvalue weighted by molar-refractivity contribution is 0.195. The summed E-state index contributed by atoms with van der Waals surface area (Å²) in [6.07, 6.45) is 1.26. The van der Waals surface area contributed by atoms with Crippen molar-refractivity contribution in [1.82, 2.24) is 10.2 Å². The molecule has 0 bridgehead atoms. The van der Waals surface area contributed by atoms with Gasteiger partial charge in [0.1, 0.15) is 0 Å². The van der Waals surface area contributed by atoms with Gasteiger partial charge in [0.05, 0.1) is 0 Å². The summed E-state index contributed by atoms with van der Waals surface area (Å²) in [6, 6.07) is 5.43. The van der Waals surface area contributed by atoms with Crippen molar-refractivity contribution in [3.63, 3.8) is 0 Å². The Morgan fingerprint density at radius 3 is 2.56 bits per heavy atom. The summed E-state index contributed by atoms with van der Waals surface area (Å²) in [4.78, 5) is 3.90. The largest absolute Gasteiger partial charge is 0.315 e. The molecule has 2 atom stereocenters. The molecule has 0 aliphatic carbocycles. The molecule has 0 saturated heterocycles. The molecule has 1 aromatic heterocycles. The minimum Gasteiger partial charge on any atom is -0.315 e. The van der Waals surface area contributed by atoms with Gasteiger partial charge in [-0.3, -0.25) is 4.90 Å². The molecule has 0 aliphatic rings. The Morgan fingerprint density at radius 2 is 2.00 bits per heavy atom. The van der Waals surface area contributed by atoms with Crippen LogP contribution in [0.4, 0.5) is 0 Å². The second-order valence-corrected chi connectivity index (χ2v) is 6.57. The van der Waals surface area contributed by atoms with E-state index in [1.807, 2.05) is 11.3 Å². The summed E-state index contributed by atoms with van der Waals surface area (Å²) in [7, 11) is 2.22. The van der Waals surface area contributed by atoms with Crippen molar-refractivity contribution in [1.29, 1.82) is 0 Å². The third kappa shape index (κ3) is 5.09. The maximum Gasteiger partial charge on any atom is 0.0413 e. The smallest absolute Gasteiger partial charge is 0.0413 e. The summed E-state index contributed by atoms with van der Waals surface area (Å²) < 4.78 is 0. The zero-order valence-electron chi connectivity index (χ0n) is 12.4. The van der Waals surface area contributed by atoms with E-state index in [0.29, 0.717) is 12.1 Å². The molecule has 1 aromatic rings. The Morgan fingerprint density at radius 1 is 1.28 bits per heavy atom. The number of hydrogen-bond acceptors (Lipinski definition) is 3. The van der Waals surface area contributed by atoms with E-state index in [2.05, 4.69) is 62.5 Å². The van der Waals surface area contributed by atoms with E-state index in [1.54, 1.807) is 0 Å². The van der Waals surface area contributed by atoms with Gasteiger partial charge < -0.3 is 5.32 Å². The summed E-state index contributed by atoms with van der Waals surface area (Å²) in [5, 5.41) is 5.72. The molecule has 104 valence electrons. The lowest BCUT2D eigenvalue weighted by Gasteiger charge is -2.30. The lowest BCUT2D eigenvalue weighted by atomic mass is 10.1. The fraction of sp³-hybridized carbons (Fsp3) is 0.733. The minimum atomic E-state index is 0.506. The standard InChI is InChI=1S/C15H28N2S/c1-12(2)8-9-16-11-13(3)17(5)14(4)15-7-6-10-18-15/h6-7,10,12-14,16H,8-9,11H2,1-5H3. The van der Waals surface area contributed by atoms with Gasteiger partial charge in [-0.25, -0.2) is 0 Å². The fourth-order valence-corrected chi connectivity index (χ4v) is 2.79. The van der Waals surface area contributed by atoms with Gasteiger partial charge in [-0.05, 0) is 51.2 Å². The topological polar surface area (TPSA) is 15.3 Å². The van der Waals surface area contributed by atoms with Crippen molar-refractivity contribution >= 4 is 11.3 Å². The highest BCUT2D eigenvalue weighted by atomic mass is 32.1. The molecule has 0 aromatic carbocycles. The van der Waals surface area contributed by atoms with Crippen LogP contribution in [0, 0.1) is 5.92 Å². The van der Waals surface area contributed by atoms with Crippen LogP contribution in [0.1, 0.15) is 45.0 Å². The van der Waals surface area contributed by atoms with Gasteiger partial charge in [-0.1, -0.05) is 19.9 Å². The average Bonchev–Trinajstić information content (AvgIpc) is 2.86. The van der Waals surface area contributed by atoms with E-state index in [-0.39, 0.29) is 0 Å². The summed E-state index contributed by atoms with van der Waals surface area (Å²) in [5.41, 5.74) is 0. The molecule has 2 unspecified atom stereocenters. The van der Waals surface area contributed by atoms with Gasteiger partial charge in [0.2, 0.25) is 0 Å². The third-order valence-corrected chi connectivity index (χ3v) is 4.64. The lowest BCUT2D eigenvalue weighted by Crippen LogP contribution is -2.39. The van der Waals surface area contributed by atoms with Crippen LogP contribution in [-0.2, 0) is 0 Å². The monoisotopic (exact) mass is 268 g/mol. The van der Waals surface area contributed by atoms with Gasteiger partial charge in [0.15, 0.2) is 0 Å². The Hall–Kier alpha value is -0.380. The van der Waals surface area contributed by atoms with Gasteiger partial charge >= 0.3 is 0 Å². The van der Waals surface area contributed by atoms with Gasteiger partial charge in [-0.15, -0.1) is 11.3 Å². The molecular weight excluding hydrogens is 240 g/mol. The van der Waals surface area contributed by atoms with Crippen LogP contribution in [0.15, 0.2) is 17.5 Å². The van der Waals surface area contributed by atoms with Crippen molar-refractivity contribution in [2.45, 2.75) is 46.2 Å². The zero-order valence-corrected chi connectivity index (χ0v) is 13.3. The van der Waals surface area contributed by atoms with Crippen molar-refractivity contribution in [3.05, 3.63) is 22.4 Å². The van der Waals surface area contributed by atoms with E-state index in [1.165, 1.54) is 11.3 Å². The Kier molecular flexibility index (Phi) is 6.90. The molecule has 1 heterocycles. The average molecular weight is 268 g/mol. The molecule has 0 aliphatic heterocycles. The van der Waals surface area contributed by atoms with Gasteiger partial charge in [0.25, 0.3) is 0 Å². The van der Waals surface area contributed by atoms with Crippen LogP contribution < -0.4 is 5.32 Å². The van der Waals surface area contributed by atoms with Crippen molar-refractivity contribution < 1.29 is 0 Å². The van der Waals surface area contributed by atoms with Crippen LogP contribution in [0.2, 0.25) is 0 Å². The van der Waals surface area contributed by atoms with E-state index < -0.39 is 0 Å². The highest BCUT2D eigenvalue weighted by molar-refractivity contribution is 7.10. The maximum absolute atomic E-state index is 3.56. The second kappa shape index (κ2) is 7.93. The SMILES string of the molecule is CC(C)CCNCC(C)N(C)C(C)c1cccs1. The quantitative estimate of drug-likeness (QED) is 0.722. The van der Waals surface area contributed by atoms with Crippen molar-refractivity contribution in [2.75, 3.05) is 20.1 Å². The van der Waals surface area contributed by atoms with E-state index in [4.69, 9.17) is 0 Å². The number of nitrogens with zero attached hydrogens (tertiary/aromatic N) is 1. The molecule has 0 fully saturated rings. The molecule has 0 saturated carbocycles. The maximum atomic E-state index is 3.56. The Labute approximate surface area is 116 Å². The molecule has 18 heavy (non-hydrogen) atoms. The molecule has 1 N–H and O–H groups in total.